The number of rotatable bonds is 1. The van der Waals surface area contributed by atoms with E-state index in [0.717, 1.165) is 30.6 Å². The average Bonchev–Trinajstić information content (AvgIpc) is 2.87. The van der Waals surface area contributed by atoms with Crippen molar-refractivity contribution in [3.63, 3.8) is 0 Å². The van der Waals surface area contributed by atoms with Gasteiger partial charge >= 0.3 is 5.97 Å². The van der Waals surface area contributed by atoms with Gasteiger partial charge in [-0.3, -0.25) is 9.59 Å². The summed E-state index contributed by atoms with van der Waals surface area (Å²) in [7, 11) is 1.41. The van der Waals surface area contributed by atoms with Crippen molar-refractivity contribution in [1.29, 1.82) is 0 Å². The standard InChI is InChI=1S/C22H34O3/c1-13-7-9-21(2)14(11-13)5-6-15-17(21)8-10-22(3)18(15)12-16(19(22)23)20(24)25-4/h13-18H,5-12H2,1-4H3/t13?,14?,15-,16?,17-,18+,21+,22+/m1/s1. The van der Waals surface area contributed by atoms with Gasteiger partial charge in [0, 0.05) is 5.41 Å². The van der Waals surface area contributed by atoms with Crippen LogP contribution in [0.4, 0.5) is 0 Å². The van der Waals surface area contributed by atoms with E-state index >= 15 is 0 Å². The minimum Gasteiger partial charge on any atom is -0.468 e. The largest absolute Gasteiger partial charge is 0.468 e. The molecule has 4 fully saturated rings. The lowest BCUT2D eigenvalue weighted by Gasteiger charge is -2.60. The third-order valence-electron chi connectivity index (χ3n) is 9.17. The van der Waals surface area contributed by atoms with Crippen LogP contribution in [0.3, 0.4) is 0 Å². The molecule has 0 aromatic rings. The van der Waals surface area contributed by atoms with E-state index in [1.54, 1.807) is 0 Å². The van der Waals surface area contributed by atoms with Crippen molar-refractivity contribution >= 4 is 11.8 Å². The zero-order chi connectivity index (χ0) is 18.0. The molecule has 140 valence electrons. The first-order valence-electron chi connectivity index (χ1n) is 10.4. The lowest BCUT2D eigenvalue weighted by atomic mass is 9.45. The molecule has 3 unspecified atom stereocenters. The zero-order valence-electron chi connectivity index (χ0n) is 16.3. The Morgan fingerprint density at radius 2 is 1.80 bits per heavy atom. The number of ketones is 1. The molecular weight excluding hydrogens is 312 g/mol. The van der Waals surface area contributed by atoms with Crippen LogP contribution < -0.4 is 0 Å². The molecule has 4 rings (SSSR count). The normalized spacial score (nSPS) is 52.1. The molecule has 0 aromatic carbocycles. The second-order valence-electron chi connectivity index (χ2n) is 10.2. The van der Waals surface area contributed by atoms with Gasteiger partial charge < -0.3 is 4.74 Å². The third-order valence-corrected chi connectivity index (χ3v) is 9.17. The van der Waals surface area contributed by atoms with E-state index in [-0.39, 0.29) is 17.2 Å². The highest BCUT2D eigenvalue weighted by molar-refractivity contribution is 6.03. The number of carbonyl (C=O) groups excluding carboxylic acids is 2. The minimum absolute atomic E-state index is 0.173. The molecule has 8 atom stereocenters. The van der Waals surface area contributed by atoms with E-state index in [0.29, 0.717) is 17.3 Å². The van der Waals surface area contributed by atoms with Gasteiger partial charge in [-0.1, -0.05) is 27.2 Å². The van der Waals surface area contributed by atoms with E-state index in [1.165, 1.54) is 45.6 Å². The molecule has 0 bridgehead atoms. The van der Waals surface area contributed by atoms with Gasteiger partial charge in [0.05, 0.1) is 7.11 Å². The van der Waals surface area contributed by atoms with Gasteiger partial charge in [0.2, 0.25) is 0 Å². The van der Waals surface area contributed by atoms with Crippen molar-refractivity contribution in [2.45, 2.75) is 72.1 Å². The second kappa shape index (κ2) is 5.82. The predicted octanol–water partition coefficient (Wildman–Crippen LogP) is 4.63. The molecule has 0 heterocycles. The van der Waals surface area contributed by atoms with E-state index in [1.807, 2.05) is 0 Å². The molecule has 0 spiro atoms. The predicted molar refractivity (Wildman–Crippen MR) is 96.8 cm³/mol. The molecule has 0 aromatic heterocycles. The van der Waals surface area contributed by atoms with Crippen molar-refractivity contribution in [1.82, 2.24) is 0 Å². The summed E-state index contributed by atoms with van der Waals surface area (Å²) in [5, 5.41) is 0. The summed E-state index contributed by atoms with van der Waals surface area (Å²) >= 11 is 0. The Morgan fingerprint density at radius 1 is 1.04 bits per heavy atom. The Hall–Kier alpha value is -0.860. The maximum absolute atomic E-state index is 13.0. The summed E-state index contributed by atoms with van der Waals surface area (Å²) in [6.45, 7) is 7.12. The second-order valence-corrected chi connectivity index (χ2v) is 10.2. The maximum atomic E-state index is 13.0. The van der Waals surface area contributed by atoms with Crippen molar-refractivity contribution < 1.29 is 14.3 Å². The summed E-state index contributed by atoms with van der Waals surface area (Å²) in [5.74, 6) is 2.88. The molecule has 4 saturated carbocycles. The monoisotopic (exact) mass is 346 g/mol. The van der Waals surface area contributed by atoms with Crippen LogP contribution in [0.5, 0.6) is 0 Å². The zero-order valence-corrected chi connectivity index (χ0v) is 16.3. The van der Waals surface area contributed by atoms with Gasteiger partial charge in [0.25, 0.3) is 0 Å². The van der Waals surface area contributed by atoms with E-state index < -0.39 is 5.92 Å². The highest BCUT2D eigenvalue weighted by atomic mass is 16.5. The van der Waals surface area contributed by atoms with Gasteiger partial charge in [-0.25, -0.2) is 0 Å². The summed E-state index contributed by atoms with van der Waals surface area (Å²) < 4.78 is 4.95. The SMILES string of the molecule is COC(=O)C1C[C@H]2[C@@H]3CCC4CC(C)CC[C@]4(C)[C@@H]3CC[C@]2(C)C1=O. The molecule has 0 saturated heterocycles. The first kappa shape index (κ1) is 17.5. The van der Waals surface area contributed by atoms with E-state index in [2.05, 4.69) is 20.8 Å². The van der Waals surface area contributed by atoms with Crippen LogP contribution in [-0.2, 0) is 14.3 Å². The molecule has 3 heteroatoms. The molecular formula is C22H34O3. The first-order valence-corrected chi connectivity index (χ1v) is 10.4. The maximum Gasteiger partial charge on any atom is 0.316 e. The summed E-state index contributed by atoms with van der Waals surface area (Å²) in [6.07, 6.45) is 9.60. The number of hydrogen-bond donors (Lipinski definition) is 0. The Balaban J connectivity index is 1.63. The quantitative estimate of drug-likeness (QED) is 0.513. The van der Waals surface area contributed by atoms with Crippen LogP contribution in [-0.4, -0.2) is 18.9 Å². The topological polar surface area (TPSA) is 43.4 Å². The fraction of sp³-hybridized carbons (Fsp3) is 0.909. The smallest absolute Gasteiger partial charge is 0.316 e. The summed E-state index contributed by atoms with van der Waals surface area (Å²) in [5.41, 5.74) is 0.175. The third kappa shape index (κ3) is 2.36. The Morgan fingerprint density at radius 3 is 2.52 bits per heavy atom. The molecule has 4 aliphatic rings. The molecule has 3 nitrogen and oxygen atoms in total. The van der Waals surface area contributed by atoms with Crippen LogP contribution in [0.1, 0.15) is 72.1 Å². The van der Waals surface area contributed by atoms with E-state index in [4.69, 9.17) is 4.74 Å². The molecule has 0 radical (unpaired) electrons. The molecule has 0 aliphatic heterocycles. The number of carbonyl (C=O) groups is 2. The van der Waals surface area contributed by atoms with Crippen LogP contribution in [0.25, 0.3) is 0 Å². The fourth-order valence-corrected chi connectivity index (χ4v) is 7.64. The summed E-state index contributed by atoms with van der Waals surface area (Å²) in [6, 6.07) is 0. The number of fused-ring (bicyclic) bond motifs is 5. The molecule has 0 amide bonds. The van der Waals surface area contributed by atoms with Gasteiger partial charge in [0.15, 0.2) is 5.78 Å². The van der Waals surface area contributed by atoms with Gasteiger partial charge in [0.1, 0.15) is 5.92 Å². The molecule has 0 N–H and O–H groups in total. The Labute approximate surface area is 152 Å². The van der Waals surface area contributed by atoms with Gasteiger partial charge in [-0.2, -0.15) is 0 Å². The number of hydrogen-bond acceptors (Lipinski definition) is 3. The number of ether oxygens (including phenoxy) is 1. The highest BCUT2D eigenvalue weighted by Gasteiger charge is 2.63. The number of methoxy groups -OCH3 is 1. The molecule has 25 heavy (non-hydrogen) atoms. The van der Waals surface area contributed by atoms with Crippen molar-refractivity contribution in [3.8, 4) is 0 Å². The minimum atomic E-state index is -0.504. The van der Waals surface area contributed by atoms with Crippen LogP contribution in [0.2, 0.25) is 0 Å². The average molecular weight is 347 g/mol. The number of esters is 1. The Kier molecular flexibility index (Phi) is 4.09. The first-order chi connectivity index (χ1) is 11.8. The Bertz CT molecular complexity index is 584. The lowest BCUT2D eigenvalue weighted by Crippen LogP contribution is -2.53. The highest BCUT2D eigenvalue weighted by Crippen LogP contribution is 2.66. The van der Waals surface area contributed by atoms with Gasteiger partial charge in [-0.05, 0) is 80.0 Å². The van der Waals surface area contributed by atoms with Crippen molar-refractivity contribution in [2.24, 2.45) is 46.3 Å². The van der Waals surface area contributed by atoms with Crippen molar-refractivity contribution in [2.75, 3.05) is 7.11 Å². The fourth-order valence-electron chi connectivity index (χ4n) is 7.64. The van der Waals surface area contributed by atoms with Crippen LogP contribution in [0.15, 0.2) is 0 Å². The molecule has 4 aliphatic carbocycles. The van der Waals surface area contributed by atoms with Crippen LogP contribution in [0, 0.1) is 46.3 Å². The van der Waals surface area contributed by atoms with E-state index in [9.17, 15) is 9.59 Å². The van der Waals surface area contributed by atoms with Gasteiger partial charge in [-0.15, -0.1) is 0 Å². The lowest BCUT2D eigenvalue weighted by molar-refractivity contribution is -0.150. The van der Waals surface area contributed by atoms with Crippen molar-refractivity contribution in [3.05, 3.63) is 0 Å². The number of Topliss-reactive ketones (excluding diaryl/α,β-unsaturated/α-hetero) is 1. The summed E-state index contributed by atoms with van der Waals surface area (Å²) in [4.78, 5) is 25.2. The van der Waals surface area contributed by atoms with Crippen LogP contribution >= 0.6 is 0 Å².